The lowest BCUT2D eigenvalue weighted by atomic mass is 10.0. The smallest absolute Gasteiger partial charge is 0.256 e. The maximum absolute atomic E-state index is 11.7. The molecule has 13 aromatic heterocycles. The molecule has 139 heavy (non-hydrogen) atoms. The van der Waals surface area contributed by atoms with Crippen LogP contribution in [-0.4, -0.2) is 113 Å². The van der Waals surface area contributed by atoms with Gasteiger partial charge in [-0.2, -0.15) is 15.3 Å². The van der Waals surface area contributed by atoms with Gasteiger partial charge in [-0.05, 0) is 175 Å². The number of carbonyl (C=O) groups excluding carboxylic acids is 1. The van der Waals surface area contributed by atoms with Crippen molar-refractivity contribution >= 4 is 45.6 Å². The fraction of sp³-hybridized carbons (Fsp3) is 0.491. The molecule has 0 unspecified atom stereocenters. The summed E-state index contributed by atoms with van der Waals surface area (Å²) in [7, 11) is 0. The molecule has 27 heteroatoms. The monoisotopic (exact) mass is 1950 g/mol. The van der Waals surface area contributed by atoms with Crippen LogP contribution in [0.1, 0.15) is 426 Å². The van der Waals surface area contributed by atoms with E-state index in [1.165, 1.54) is 53.7 Å². The number of H-pyrrole nitrogens is 1. The molecule has 0 saturated carbocycles. The third-order valence-corrected chi connectivity index (χ3v) is 23.0. The number of aliphatic imine (C=N–C) groups is 1. The first-order chi connectivity index (χ1) is 65.6. The number of aromatic amines is 1. The fourth-order valence-corrected chi connectivity index (χ4v) is 13.5. The van der Waals surface area contributed by atoms with E-state index in [1.807, 2.05) is 154 Å². The summed E-state index contributed by atoms with van der Waals surface area (Å²) in [6, 6.07) is 28.4. The number of aryl methyl sites for hydroxylation is 7. The van der Waals surface area contributed by atoms with E-state index in [1.54, 1.807) is 108 Å². The van der Waals surface area contributed by atoms with E-state index in [9.17, 15) is 4.79 Å². The molecule has 24 nitrogen and oxygen atoms in total. The lowest BCUT2D eigenvalue weighted by molar-refractivity contribution is 0.0730. The number of aromatic nitrogens is 18. The van der Waals surface area contributed by atoms with Gasteiger partial charge in [-0.1, -0.05) is 236 Å². The molecule has 1 N–H and O–H groups in total. The van der Waals surface area contributed by atoms with Crippen LogP contribution in [0, 0.1) is 54.4 Å². The van der Waals surface area contributed by atoms with Crippen LogP contribution in [0.2, 0.25) is 0 Å². The van der Waals surface area contributed by atoms with Gasteiger partial charge in [-0.3, -0.25) is 34.7 Å². The Bertz CT molecular complexity index is 4740. The van der Waals surface area contributed by atoms with Gasteiger partial charge in [0.15, 0.2) is 23.5 Å². The number of fused-ring (bicyclic) bond motifs is 1. The molecule has 14 aromatic rings. The van der Waals surface area contributed by atoms with Crippen LogP contribution in [0.25, 0.3) is 0 Å². The maximum atomic E-state index is 11.7. The molecule has 756 valence electrons. The highest BCUT2D eigenvalue weighted by Crippen LogP contribution is 2.26. The van der Waals surface area contributed by atoms with Gasteiger partial charge in [-0.15, -0.1) is 39.1 Å². The predicted octanol–water partition coefficient (Wildman–Crippen LogP) is 31.1. The second-order valence-electron chi connectivity index (χ2n) is 38.0. The number of rotatable bonds is 15. The summed E-state index contributed by atoms with van der Waals surface area (Å²) in [5, 5.41) is 23.1. The van der Waals surface area contributed by atoms with E-state index in [0.29, 0.717) is 89.4 Å². The van der Waals surface area contributed by atoms with E-state index in [2.05, 4.69) is 330 Å². The van der Waals surface area contributed by atoms with Crippen molar-refractivity contribution in [3.05, 3.63) is 323 Å². The molecule has 0 atom stereocenters. The van der Waals surface area contributed by atoms with E-state index >= 15 is 0 Å². The first-order valence-corrected chi connectivity index (χ1v) is 51.2. The van der Waals surface area contributed by atoms with Crippen molar-refractivity contribution in [1.82, 2.24) is 95.1 Å². The van der Waals surface area contributed by atoms with Gasteiger partial charge in [0.1, 0.15) is 24.1 Å². The average Bonchev–Trinajstić information content (AvgIpc) is 1.66. The summed E-state index contributed by atoms with van der Waals surface area (Å²) >= 11 is 5.25. The molecule has 0 bridgehead atoms. The van der Waals surface area contributed by atoms with Crippen molar-refractivity contribution < 1.29 is 18.0 Å². The Labute approximate surface area is 846 Å². The zero-order valence-corrected chi connectivity index (χ0v) is 93.4. The van der Waals surface area contributed by atoms with E-state index in [4.69, 9.17) is 13.3 Å². The molecule has 0 saturated heterocycles. The molecule has 0 aliphatic carbocycles. The molecule has 16 rings (SSSR count). The summed E-state index contributed by atoms with van der Waals surface area (Å²) in [6.45, 7) is 80.2. The van der Waals surface area contributed by atoms with Crippen LogP contribution in [0.5, 0.6) is 0 Å². The highest BCUT2D eigenvalue weighted by Gasteiger charge is 2.29. The Hall–Kier alpha value is -11.6. The summed E-state index contributed by atoms with van der Waals surface area (Å²) in [6.07, 6.45) is 29.4. The van der Waals surface area contributed by atoms with Crippen molar-refractivity contribution in [3.63, 3.8) is 0 Å². The van der Waals surface area contributed by atoms with Crippen molar-refractivity contribution in [2.45, 2.75) is 359 Å². The minimum atomic E-state index is 0.109. The van der Waals surface area contributed by atoms with Crippen LogP contribution in [0.15, 0.2) is 219 Å². The largest absolute Gasteiger partial charge is 0.449 e. The number of hydrogen-bond acceptors (Lipinski definition) is 25. The van der Waals surface area contributed by atoms with E-state index in [0.717, 1.165) is 86.9 Å². The average molecular weight is 1950 g/mol. The van der Waals surface area contributed by atoms with Gasteiger partial charge in [0.25, 0.3) is 5.91 Å². The molecule has 1 aromatic carbocycles. The quantitative estimate of drug-likeness (QED) is 0.0996. The molecule has 15 heterocycles. The first kappa shape index (κ1) is 124. The number of carbonyl (C=O) groups is 1. The minimum absolute atomic E-state index is 0.109. The lowest BCUT2D eigenvalue weighted by Crippen LogP contribution is -2.30. The second-order valence-corrected chi connectivity index (χ2v) is 41.2. The first-order valence-electron chi connectivity index (χ1n) is 48.7. The second kappa shape index (κ2) is 68.5. The number of hydrogen-bond donors (Lipinski definition) is 1. The molecule has 1 amide bonds. The van der Waals surface area contributed by atoms with Gasteiger partial charge < -0.3 is 23.1 Å². The van der Waals surface area contributed by atoms with E-state index in [-0.39, 0.29) is 11.9 Å². The zero-order valence-electron chi connectivity index (χ0n) is 90.9. The Kier molecular flexibility index (Phi) is 60.9. The van der Waals surface area contributed by atoms with Crippen LogP contribution >= 0.6 is 34.0 Å². The summed E-state index contributed by atoms with van der Waals surface area (Å²) in [5.41, 5.74) is 15.9. The van der Waals surface area contributed by atoms with Crippen LogP contribution < -0.4 is 0 Å². The van der Waals surface area contributed by atoms with Gasteiger partial charge in [-0.25, -0.2) is 39.9 Å². The van der Waals surface area contributed by atoms with E-state index < -0.39 is 0 Å². The lowest BCUT2D eigenvalue weighted by Gasteiger charge is -2.19. The van der Waals surface area contributed by atoms with Gasteiger partial charge >= 0.3 is 0 Å². The highest BCUT2D eigenvalue weighted by atomic mass is 32.1. The Morgan fingerprint density at radius 3 is 1.27 bits per heavy atom. The Balaban J connectivity index is 0.000000504. The number of oxazole rings is 3. The van der Waals surface area contributed by atoms with Crippen molar-refractivity contribution in [3.8, 4) is 0 Å². The number of nitrogens with one attached hydrogen (secondary N) is 1. The Morgan fingerprint density at radius 2 is 0.971 bits per heavy atom. The minimum Gasteiger partial charge on any atom is -0.449 e. The van der Waals surface area contributed by atoms with Crippen LogP contribution in [-0.2, 0) is 6.54 Å². The van der Waals surface area contributed by atoms with Crippen molar-refractivity contribution in [1.29, 1.82) is 0 Å². The predicted molar refractivity (Wildman–Crippen MR) is 579 cm³/mol. The highest BCUT2D eigenvalue weighted by molar-refractivity contribution is 7.11. The van der Waals surface area contributed by atoms with Gasteiger partial charge in [0.05, 0.1) is 73.7 Å². The normalized spacial score (nSPS) is 11.4. The maximum Gasteiger partial charge on any atom is 0.256 e. The number of nitrogens with zero attached hydrogens (tertiary/aromatic N) is 19. The molecule has 0 spiro atoms. The Morgan fingerprint density at radius 1 is 0.388 bits per heavy atom. The summed E-state index contributed by atoms with van der Waals surface area (Å²) in [4.78, 5) is 76.0. The molecule has 2 aliphatic rings. The van der Waals surface area contributed by atoms with Crippen LogP contribution in [0.4, 0.5) is 0 Å². The number of imidazole rings is 1. The number of amides is 1. The molecule has 0 fully saturated rings. The number of pyridine rings is 3. The summed E-state index contributed by atoms with van der Waals surface area (Å²) in [5.74, 6) is 12.6. The standard InChI is InChI=1S/C10H12N2O.C9H12.C8H13N.2C8H11N.C7H12N2.2C7H10N2.3C7H11NO.3C7H11NS.C6H9N3/c1-7(2)12-6-9-8(10(12)13)4-3-5-11-9;1-8(2)9-6-4-3-5-7-9;1-6(2)8-4-7(3)5-9-8;1-7(2)8-4-3-5-9-6-8;1-7(2)8-5-3-4-6-9-8;1-5(2)7-4-8-6(3)9-7;1-6(2)7-5-8-3-4-9-7;1-6(2)7-4-3-5-8-9-7;1-5(2)7-4-9-6(3)8-7;1-5(2)7-8-6(3)4-9-7;1-5(2)7-8-4-6(3)9-7;1-5(2)7-4-9-6(3)8-7;1-5(2)7-8-6(3)4-9-7;1-5(2)7-8-4-6(3)9-7;1-5(2)6-7-3-4-8-9-6/h3-5,7H,6H2,1-2H3;3-8H,1-2H3;5-6H,4H2,1-3H3;2*3-7H,1-2H3;4-5H,1-3H3,(H,8,9);2*3-6H,1-2H3;6*4-5H,1-3H3;3-5H,1-2H3. The van der Waals surface area contributed by atoms with Crippen LogP contribution in [0.3, 0.4) is 0 Å². The van der Waals surface area contributed by atoms with Crippen molar-refractivity contribution in [2.24, 2.45) is 10.9 Å². The molecular formula is C112H166N20O4S3. The third-order valence-electron chi connectivity index (χ3n) is 19.7. The zero-order chi connectivity index (χ0) is 104. The fourth-order valence-electron chi connectivity index (χ4n) is 11.1. The third kappa shape index (κ3) is 53.4. The van der Waals surface area contributed by atoms with Crippen molar-refractivity contribution in [2.75, 3.05) is 0 Å². The molecular weight excluding hydrogens is 1790 g/mol. The van der Waals surface area contributed by atoms with Gasteiger partial charge in [0.2, 0.25) is 0 Å². The van der Waals surface area contributed by atoms with Gasteiger partial charge in [0, 0.05) is 162 Å². The SMILES string of the molecule is CC(C)N1Cc2ncccc2C1=O.CC(C)c1ccccc1.CC(C)c1ccccn1.CC(C)c1cccnc1.CC(C)c1cccnn1.CC(C)c1cnccn1.CC(C)c1nccnn1.CC1=CN=C(C(C)C)C1.Cc1cnc(C(C)C)o1.Cc1cnc(C(C)C)s1.Cc1coc(C(C)C)n1.Cc1csc(C(C)C)n1.Cc1nc(C(C)C)co1.Cc1nc(C(C)C)cs1.Cc1ncc(C(C)C)[nH]1. The molecule has 2 aliphatic heterocycles. The number of allylic oxidation sites excluding steroid dienone is 1. The number of thiazole rings is 3. The molecule has 0 radical (unpaired) electrons. The summed E-state index contributed by atoms with van der Waals surface area (Å²) < 4.78 is 15.4. The topological polar surface area (TPSA) is 307 Å². The number of benzene rings is 1.